The number of carboxylic acid groups (broad SMARTS) is 1. The predicted molar refractivity (Wildman–Crippen MR) is 62.7 cm³/mol. The second kappa shape index (κ2) is 6.11. The van der Waals surface area contributed by atoms with Crippen molar-refractivity contribution in [2.75, 3.05) is 0 Å². The van der Waals surface area contributed by atoms with Gasteiger partial charge in [0.05, 0.1) is 0 Å². The molecular formula is C12H25NO2. The van der Waals surface area contributed by atoms with Gasteiger partial charge < -0.3 is 10.8 Å². The fourth-order valence-electron chi connectivity index (χ4n) is 1.79. The van der Waals surface area contributed by atoms with Gasteiger partial charge in [0.2, 0.25) is 0 Å². The minimum Gasteiger partial charge on any atom is -0.480 e. The third kappa shape index (κ3) is 6.50. The van der Waals surface area contributed by atoms with E-state index in [1.165, 1.54) is 6.42 Å². The molecule has 0 radical (unpaired) electrons. The van der Waals surface area contributed by atoms with E-state index in [9.17, 15) is 4.79 Å². The standard InChI is InChI=1S/C12H25NO2/c1-9(2)6-5-7-10(3)8-12(4,13)11(14)15/h9-10H,5-8,13H2,1-4H3,(H,14,15). The van der Waals surface area contributed by atoms with Gasteiger partial charge in [0, 0.05) is 0 Å². The first-order valence-electron chi connectivity index (χ1n) is 5.78. The third-order valence-electron chi connectivity index (χ3n) is 2.74. The zero-order valence-electron chi connectivity index (χ0n) is 10.4. The molecular weight excluding hydrogens is 190 g/mol. The Labute approximate surface area is 93.0 Å². The normalized spacial score (nSPS) is 17.5. The van der Waals surface area contributed by atoms with Crippen molar-refractivity contribution in [1.29, 1.82) is 0 Å². The molecule has 15 heavy (non-hydrogen) atoms. The Bertz CT molecular complexity index is 200. The largest absolute Gasteiger partial charge is 0.480 e. The fourth-order valence-corrected chi connectivity index (χ4v) is 1.79. The van der Waals surface area contributed by atoms with Gasteiger partial charge in [-0.05, 0) is 25.2 Å². The predicted octanol–water partition coefficient (Wildman–Crippen LogP) is 2.64. The quantitative estimate of drug-likeness (QED) is 0.686. The lowest BCUT2D eigenvalue weighted by atomic mass is 9.87. The fraction of sp³-hybridized carbons (Fsp3) is 0.917. The smallest absolute Gasteiger partial charge is 0.323 e. The molecule has 0 aliphatic rings. The summed E-state index contributed by atoms with van der Waals surface area (Å²) in [7, 11) is 0. The van der Waals surface area contributed by atoms with Gasteiger partial charge in [-0.3, -0.25) is 4.79 Å². The van der Waals surface area contributed by atoms with Crippen LogP contribution in [0.15, 0.2) is 0 Å². The zero-order chi connectivity index (χ0) is 12.1. The van der Waals surface area contributed by atoms with Crippen molar-refractivity contribution in [3.8, 4) is 0 Å². The Kier molecular flexibility index (Phi) is 5.88. The van der Waals surface area contributed by atoms with Gasteiger partial charge in [-0.25, -0.2) is 0 Å². The van der Waals surface area contributed by atoms with Crippen LogP contribution in [0, 0.1) is 11.8 Å². The molecule has 0 aliphatic heterocycles. The molecule has 0 aliphatic carbocycles. The Morgan fingerprint density at radius 1 is 1.33 bits per heavy atom. The van der Waals surface area contributed by atoms with Crippen LogP contribution in [0.1, 0.15) is 53.4 Å². The number of carboxylic acids is 1. The number of rotatable bonds is 7. The summed E-state index contributed by atoms with van der Waals surface area (Å²) < 4.78 is 0. The van der Waals surface area contributed by atoms with Crippen LogP contribution >= 0.6 is 0 Å². The van der Waals surface area contributed by atoms with E-state index in [1.54, 1.807) is 6.92 Å². The first-order valence-corrected chi connectivity index (χ1v) is 5.78. The third-order valence-corrected chi connectivity index (χ3v) is 2.74. The van der Waals surface area contributed by atoms with Crippen LogP contribution in [0.2, 0.25) is 0 Å². The van der Waals surface area contributed by atoms with Gasteiger partial charge in [0.25, 0.3) is 0 Å². The number of aliphatic carboxylic acids is 1. The minimum atomic E-state index is -1.07. The lowest BCUT2D eigenvalue weighted by Crippen LogP contribution is -2.46. The summed E-state index contributed by atoms with van der Waals surface area (Å²) >= 11 is 0. The first-order chi connectivity index (χ1) is 6.75. The minimum absolute atomic E-state index is 0.384. The lowest BCUT2D eigenvalue weighted by molar-refractivity contribution is -0.143. The topological polar surface area (TPSA) is 63.3 Å². The molecule has 0 spiro atoms. The van der Waals surface area contributed by atoms with Crippen molar-refractivity contribution in [1.82, 2.24) is 0 Å². The second-order valence-corrected chi connectivity index (χ2v) is 5.36. The summed E-state index contributed by atoms with van der Waals surface area (Å²) in [5.41, 5.74) is 4.62. The van der Waals surface area contributed by atoms with E-state index < -0.39 is 11.5 Å². The summed E-state index contributed by atoms with van der Waals surface area (Å²) in [5, 5.41) is 8.88. The van der Waals surface area contributed by atoms with Gasteiger partial charge >= 0.3 is 5.97 Å². The summed E-state index contributed by atoms with van der Waals surface area (Å²) in [5.74, 6) is 0.203. The summed E-state index contributed by atoms with van der Waals surface area (Å²) in [6.45, 7) is 8.08. The average molecular weight is 215 g/mol. The molecule has 90 valence electrons. The van der Waals surface area contributed by atoms with E-state index in [0.717, 1.165) is 18.8 Å². The number of nitrogens with two attached hydrogens (primary N) is 1. The molecule has 3 heteroatoms. The summed E-state index contributed by atoms with van der Waals surface area (Å²) in [6.07, 6.45) is 3.99. The van der Waals surface area contributed by atoms with Crippen LogP contribution < -0.4 is 5.73 Å². The highest BCUT2D eigenvalue weighted by molar-refractivity contribution is 5.77. The van der Waals surface area contributed by atoms with Gasteiger partial charge in [0.15, 0.2) is 0 Å². The van der Waals surface area contributed by atoms with Gasteiger partial charge in [-0.2, -0.15) is 0 Å². The number of hydrogen-bond donors (Lipinski definition) is 2. The molecule has 2 unspecified atom stereocenters. The van der Waals surface area contributed by atoms with Crippen molar-refractivity contribution in [3.63, 3.8) is 0 Å². The summed E-state index contributed by atoms with van der Waals surface area (Å²) in [6, 6.07) is 0. The molecule has 0 fully saturated rings. The SMILES string of the molecule is CC(C)CCCC(C)CC(C)(N)C(=O)O. The Balaban J connectivity index is 3.83. The van der Waals surface area contributed by atoms with Crippen molar-refractivity contribution in [2.45, 2.75) is 58.9 Å². The molecule has 0 bridgehead atoms. The van der Waals surface area contributed by atoms with Crippen molar-refractivity contribution in [2.24, 2.45) is 17.6 Å². The van der Waals surface area contributed by atoms with Gasteiger partial charge in [-0.15, -0.1) is 0 Å². The number of hydrogen-bond acceptors (Lipinski definition) is 2. The van der Waals surface area contributed by atoms with Crippen LogP contribution in [0.5, 0.6) is 0 Å². The highest BCUT2D eigenvalue weighted by atomic mass is 16.4. The van der Waals surface area contributed by atoms with Crippen LogP contribution in [0.3, 0.4) is 0 Å². The van der Waals surface area contributed by atoms with E-state index in [2.05, 4.69) is 20.8 Å². The van der Waals surface area contributed by atoms with Crippen LogP contribution in [0.4, 0.5) is 0 Å². The summed E-state index contributed by atoms with van der Waals surface area (Å²) in [4.78, 5) is 10.8. The Morgan fingerprint density at radius 3 is 2.27 bits per heavy atom. The molecule has 3 nitrogen and oxygen atoms in total. The highest BCUT2D eigenvalue weighted by Gasteiger charge is 2.29. The molecule has 0 saturated carbocycles. The van der Waals surface area contributed by atoms with Crippen molar-refractivity contribution in [3.05, 3.63) is 0 Å². The zero-order valence-corrected chi connectivity index (χ0v) is 10.4. The first kappa shape index (κ1) is 14.4. The molecule has 0 aromatic carbocycles. The van der Waals surface area contributed by atoms with E-state index >= 15 is 0 Å². The number of carbonyl (C=O) groups is 1. The maximum atomic E-state index is 10.8. The van der Waals surface area contributed by atoms with Crippen molar-refractivity contribution < 1.29 is 9.90 Å². The Morgan fingerprint density at radius 2 is 1.87 bits per heavy atom. The lowest BCUT2D eigenvalue weighted by Gasteiger charge is -2.23. The Hall–Kier alpha value is -0.570. The van der Waals surface area contributed by atoms with E-state index in [0.29, 0.717) is 12.3 Å². The maximum absolute atomic E-state index is 10.8. The average Bonchev–Trinajstić information content (AvgIpc) is 2.01. The molecule has 0 heterocycles. The van der Waals surface area contributed by atoms with Crippen LogP contribution in [-0.4, -0.2) is 16.6 Å². The van der Waals surface area contributed by atoms with Crippen LogP contribution in [0.25, 0.3) is 0 Å². The molecule has 0 amide bonds. The van der Waals surface area contributed by atoms with E-state index in [-0.39, 0.29) is 0 Å². The van der Waals surface area contributed by atoms with Crippen LogP contribution in [-0.2, 0) is 4.79 Å². The molecule has 0 aromatic rings. The monoisotopic (exact) mass is 215 g/mol. The molecule has 0 saturated heterocycles. The molecule has 3 N–H and O–H groups in total. The van der Waals surface area contributed by atoms with Gasteiger partial charge in [0.1, 0.15) is 5.54 Å². The maximum Gasteiger partial charge on any atom is 0.323 e. The van der Waals surface area contributed by atoms with Crippen molar-refractivity contribution >= 4 is 5.97 Å². The second-order valence-electron chi connectivity index (χ2n) is 5.36. The van der Waals surface area contributed by atoms with E-state index in [4.69, 9.17) is 10.8 Å². The van der Waals surface area contributed by atoms with E-state index in [1.807, 2.05) is 0 Å². The molecule has 2 atom stereocenters. The molecule has 0 aromatic heterocycles. The molecule has 0 rings (SSSR count). The highest BCUT2D eigenvalue weighted by Crippen LogP contribution is 2.20. The van der Waals surface area contributed by atoms with Gasteiger partial charge in [-0.1, -0.05) is 40.0 Å².